The number of aromatic nitrogens is 2. The number of aromatic carboxylic acids is 1. The average Bonchev–Trinajstić information content (AvgIpc) is 2.83. The van der Waals surface area contributed by atoms with Gasteiger partial charge in [-0.2, -0.15) is 5.26 Å². The van der Waals surface area contributed by atoms with Gasteiger partial charge in [-0.25, -0.2) is 14.8 Å². The van der Waals surface area contributed by atoms with E-state index in [1.807, 2.05) is 6.07 Å². The molecular formula is C12H9N3O3. The van der Waals surface area contributed by atoms with Gasteiger partial charge in [0.1, 0.15) is 11.8 Å². The first-order valence-electron chi connectivity index (χ1n) is 5.25. The van der Waals surface area contributed by atoms with Crippen LogP contribution in [0.3, 0.4) is 0 Å². The van der Waals surface area contributed by atoms with Crippen LogP contribution < -0.4 is 0 Å². The second-order valence-electron chi connectivity index (χ2n) is 3.50. The molecule has 0 aromatic carbocycles. The Kier molecular flexibility index (Phi) is 3.06. The van der Waals surface area contributed by atoms with E-state index in [2.05, 4.69) is 9.97 Å². The highest BCUT2D eigenvalue weighted by atomic mass is 16.4. The molecule has 2 aromatic heterocycles. The summed E-state index contributed by atoms with van der Waals surface area (Å²) in [5, 5.41) is 17.6. The summed E-state index contributed by atoms with van der Waals surface area (Å²) in [6.07, 6.45) is 1.84. The number of carboxylic acid groups (broad SMARTS) is 1. The molecule has 0 atom stereocenters. The number of carbonyl (C=O) groups is 1. The van der Waals surface area contributed by atoms with E-state index in [4.69, 9.17) is 14.8 Å². The normalized spacial score (nSPS) is 10.0. The van der Waals surface area contributed by atoms with Gasteiger partial charge in [0.05, 0.1) is 11.3 Å². The number of carboxylic acids is 1. The first-order chi connectivity index (χ1) is 8.65. The second-order valence-corrected chi connectivity index (χ2v) is 3.50. The summed E-state index contributed by atoms with van der Waals surface area (Å²) in [5.74, 6) is -1.17. The molecule has 90 valence electrons. The van der Waals surface area contributed by atoms with Gasteiger partial charge in [0.25, 0.3) is 0 Å². The molecule has 0 bridgehead atoms. The molecule has 0 aliphatic carbocycles. The van der Waals surface area contributed by atoms with Crippen LogP contribution in [-0.2, 0) is 6.42 Å². The summed E-state index contributed by atoms with van der Waals surface area (Å²) in [6.45, 7) is 1.79. The molecule has 2 rings (SSSR count). The van der Waals surface area contributed by atoms with Gasteiger partial charge in [0.2, 0.25) is 11.7 Å². The van der Waals surface area contributed by atoms with E-state index >= 15 is 0 Å². The molecule has 0 fully saturated rings. The van der Waals surface area contributed by atoms with E-state index in [9.17, 15) is 4.79 Å². The largest absolute Gasteiger partial charge is 0.475 e. The molecular weight excluding hydrogens is 234 g/mol. The lowest BCUT2D eigenvalue weighted by Gasteiger charge is -1.93. The van der Waals surface area contributed by atoms with E-state index in [1.165, 1.54) is 6.20 Å². The number of aryl methyl sites for hydroxylation is 1. The number of hydrogen-bond acceptors (Lipinski definition) is 5. The molecule has 0 aliphatic rings. The number of rotatable bonds is 3. The number of oxazole rings is 1. The lowest BCUT2D eigenvalue weighted by Crippen LogP contribution is -1.98. The van der Waals surface area contributed by atoms with Gasteiger partial charge in [0, 0.05) is 6.20 Å². The maximum absolute atomic E-state index is 10.9. The summed E-state index contributed by atoms with van der Waals surface area (Å²) >= 11 is 0. The van der Waals surface area contributed by atoms with E-state index in [0.717, 1.165) is 0 Å². The van der Waals surface area contributed by atoms with Crippen molar-refractivity contribution in [3.8, 4) is 17.7 Å². The van der Waals surface area contributed by atoms with Crippen LogP contribution >= 0.6 is 0 Å². The SMILES string of the molecule is CCc1nc(-c2ccc(C#N)cn2)oc1C(=O)O. The summed E-state index contributed by atoms with van der Waals surface area (Å²) < 4.78 is 5.17. The highest BCUT2D eigenvalue weighted by molar-refractivity contribution is 5.86. The van der Waals surface area contributed by atoms with Crippen LogP contribution in [0.2, 0.25) is 0 Å². The van der Waals surface area contributed by atoms with Crippen molar-refractivity contribution in [1.29, 1.82) is 5.26 Å². The van der Waals surface area contributed by atoms with Gasteiger partial charge >= 0.3 is 5.97 Å². The number of nitriles is 1. The number of pyridine rings is 1. The van der Waals surface area contributed by atoms with Gasteiger partial charge in [-0.05, 0) is 18.6 Å². The van der Waals surface area contributed by atoms with Crippen LogP contribution in [0.15, 0.2) is 22.7 Å². The molecule has 0 radical (unpaired) electrons. The van der Waals surface area contributed by atoms with E-state index in [1.54, 1.807) is 19.1 Å². The summed E-state index contributed by atoms with van der Waals surface area (Å²) in [6, 6.07) is 5.08. The fourth-order valence-corrected chi connectivity index (χ4v) is 1.45. The van der Waals surface area contributed by atoms with Crippen molar-refractivity contribution in [3.05, 3.63) is 35.3 Å². The van der Waals surface area contributed by atoms with Gasteiger partial charge in [-0.15, -0.1) is 0 Å². The van der Waals surface area contributed by atoms with Crippen molar-refractivity contribution in [2.24, 2.45) is 0 Å². The third-order valence-corrected chi connectivity index (χ3v) is 2.34. The van der Waals surface area contributed by atoms with Crippen molar-refractivity contribution in [2.45, 2.75) is 13.3 Å². The fourth-order valence-electron chi connectivity index (χ4n) is 1.45. The molecule has 18 heavy (non-hydrogen) atoms. The van der Waals surface area contributed by atoms with Crippen molar-refractivity contribution < 1.29 is 14.3 Å². The Bertz CT molecular complexity index is 623. The standard InChI is InChI=1S/C12H9N3O3/c1-2-8-10(12(16)17)18-11(15-8)9-4-3-7(5-13)6-14-9/h3-4,6H,2H2,1H3,(H,16,17). The Morgan fingerprint density at radius 2 is 2.33 bits per heavy atom. The first kappa shape index (κ1) is 11.8. The van der Waals surface area contributed by atoms with E-state index < -0.39 is 5.97 Å². The predicted octanol–water partition coefficient (Wildman–Crippen LogP) is 1.87. The van der Waals surface area contributed by atoms with Crippen molar-refractivity contribution >= 4 is 5.97 Å². The highest BCUT2D eigenvalue weighted by Gasteiger charge is 2.19. The Labute approximate surface area is 103 Å². The third-order valence-electron chi connectivity index (χ3n) is 2.34. The summed E-state index contributed by atoms with van der Waals surface area (Å²) in [4.78, 5) is 19.0. The van der Waals surface area contributed by atoms with Crippen molar-refractivity contribution in [1.82, 2.24) is 9.97 Å². The third kappa shape index (κ3) is 2.06. The predicted molar refractivity (Wildman–Crippen MR) is 60.8 cm³/mol. The fraction of sp³-hybridized carbons (Fsp3) is 0.167. The number of hydrogen-bond donors (Lipinski definition) is 1. The van der Waals surface area contributed by atoms with Crippen molar-refractivity contribution in [3.63, 3.8) is 0 Å². The van der Waals surface area contributed by atoms with Gasteiger partial charge in [-0.1, -0.05) is 6.92 Å². The Morgan fingerprint density at radius 3 is 2.78 bits per heavy atom. The quantitative estimate of drug-likeness (QED) is 0.883. The maximum atomic E-state index is 10.9. The molecule has 0 amide bonds. The van der Waals surface area contributed by atoms with Gasteiger partial charge in [0.15, 0.2) is 0 Å². The Hall–Kier alpha value is -2.68. The minimum atomic E-state index is -1.15. The Morgan fingerprint density at radius 1 is 1.56 bits per heavy atom. The first-order valence-corrected chi connectivity index (χ1v) is 5.25. The number of nitrogens with zero attached hydrogens (tertiary/aromatic N) is 3. The van der Waals surface area contributed by atoms with Crippen LogP contribution in [0.5, 0.6) is 0 Å². The monoisotopic (exact) mass is 243 g/mol. The van der Waals surface area contributed by atoms with E-state index in [-0.39, 0.29) is 11.7 Å². The lowest BCUT2D eigenvalue weighted by molar-refractivity contribution is 0.0662. The molecule has 0 unspecified atom stereocenters. The highest BCUT2D eigenvalue weighted by Crippen LogP contribution is 2.21. The summed E-state index contributed by atoms with van der Waals surface area (Å²) in [7, 11) is 0. The molecule has 0 saturated heterocycles. The molecule has 2 aromatic rings. The Balaban J connectivity index is 2.44. The topological polar surface area (TPSA) is 100 Å². The summed E-state index contributed by atoms with van der Waals surface area (Å²) in [5.41, 5.74) is 1.19. The van der Waals surface area contributed by atoms with Crippen molar-refractivity contribution in [2.75, 3.05) is 0 Å². The van der Waals surface area contributed by atoms with Crippen LogP contribution in [0.1, 0.15) is 28.7 Å². The van der Waals surface area contributed by atoms with Crippen LogP contribution in [0.25, 0.3) is 11.6 Å². The van der Waals surface area contributed by atoms with Gasteiger partial charge < -0.3 is 9.52 Å². The molecule has 0 saturated carbocycles. The van der Waals surface area contributed by atoms with Gasteiger partial charge in [-0.3, -0.25) is 0 Å². The zero-order valence-corrected chi connectivity index (χ0v) is 9.54. The zero-order valence-electron chi connectivity index (χ0n) is 9.54. The molecule has 2 heterocycles. The minimum absolute atomic E-state index is 0.147. The van der Waals surface area contributed by atoms with E-state index in [0.29, 0.717) is 23.4 Å². The molecule has 0 aliphatic heterocycles. The molecule has 6 heteroatoms. The van der Waals surface area contributed by atoms with Crippen LogP contribution in [0, 0.1) is 11.3 Å². The van der Waals surface area contributed by atoms with Crippen LogP contribution in [-0.4, -0.2) is 21.0 Å². The molecule has 6 nitrogen and oxygen atoms in total. The smallest absolute Gasteiger partial charge is 0.373 e. The molecule has 1 N–H and O–H groups in total. The maximum Gasteiger partial charge on any atom is 0.373 e. The zero-order chi connectivity index (χ0) is 13.1. The molecule has 0 spiro atoms. The average molecular weight is 243 g/mol. The lowest BCUT2D eigenvalue weighted by atomic mass is 10.2. The second kappa shape index (κ2) is 4.67. The van der Waals surface area contributed by atoms with Crippen LogP contribution in [0.4, 0.5) is 0 Å². The minimum Gasteiger partial charge on any atom is -0.475 e.